The van der Waals surface area contributed by atoms with E-state index in [0.717, 1.165) is 31.0 Å². The van der Waals surface area contributed by atoms with E-state index in [2.05, 4.69) is 16.9 Å². The molecule has 7 heteroatoms. The molecule has 0 radical (unpaired) electrons. The Labute approximate surface area is 145 Å². The second kappa shape index (κ2) is 8.18. The van der Waals surface area contributed by atoms with Crippen LogP contribution in [0.5, 0.6) is 6.01 Å². The van der Waals surface area contributed by atoms with Crippen molar-refractivity contribution in [1.29, 1.82) is 0 Å². The van der Waals surface area contributed by atoms with Crippen LogP contribution in [0.25, 0.3) is 0 Å². The molecule has 1 aromatic carbocycles. The highest BCUT2D eigenvalue weighted by molar-refractivity contribution is 5.63. The van der Waals surface area contributed by atoms with Crippen LogP contribution in [0, 0.1) is 0 Å². The van der Waals surface area contributed by atoms with Crippen LogP contribution >= 0.6 is 0 Å². The zero-order chi connectivity index (χ0) is 18.4. The highest BCUT2D eigenvalue weighted by Gasteiger charge is 2.36. The van der Waals surface area contributed by atoms with Crippen LogP contribution in [-0.4, -0.2) is 23.6 Å². The van der Waals surface area contributed by atoms with Crippen LogP contribution in [0.4, 0.5) is 24.7 Å². The van der Waals surface area contributed by atoms with Gasteiger partial charge in [-0.2, -0.15) is 18.2 Å². The molecule has 0 atom stereocenters. The van der Waals surface area contributed by atoms with Gasteiger partial charge in [-0.1, -0.05) is 25.5 Å². The van der Waals surface area contributed by atoms with Crippen molar-refractivity contribution >= 4 is 11.5 Å². The van der Waals surface area contributed by atoms with Crippen molar-refractivity contribution in [3.63, 3.8) is 0 Å². The van der Waals surface area contributed by atoms with Crippen LogP contribution < -0.4 is 9.64 Å². The number of ether oxygens (including phenoxy) is 1. The first-order chi connectivity index (χ1) is 11.9. The zero-order valence-corrected chi connectivity index (χ0v) is 14.6. The molecule has 0 N–H and O–H groups in total. The molecule has 25 heavy (non-hydrogen) atoms. The number of aromatic nitrogens is 2. The lowest BCUT2D eigenvalue weighted by atomic mass is 10.1. The number of unbranched alkanes of at least 4 members (excludes halogenated alkanes) is 1. The van der Waals surface area contributed by atoms with Crippen LogP contribution in [-0.2, 0) is 12.6 Å². The summed E-state index contributed by atoms with van der Waals surface area (Å²) < 4.78 is 45.0. The Kier molecular flexibility index (Phi) is 6.22. The number of halogens is 3. The largest absolute Gasteiger partial charge is 0.464 e. The van der Waals surface area contributed by atoms with E-state index >= 15 is 0 Å². The smallest absolute Gasteiger partial charge is 0.421 e. The Morgan fingerprint density at radius 2 is 1.80 bits per heavy atom. The molecule has 0 fully saturated rings. The first kappa shape index (κ1) is 19.0. The van der Waals surface area contributed by atoms with E-state index in [1.807, 2.05) is 12.1 Å². The van der Waals surface area contributed by atoms with Gasteiger partial charge in [-0.15, -0.1) is 0 Å². The third-order valence-electron chi connectivity index (χ3n) is 3.79. The van der Waals surface area contributed by atoms with Gasteiger partial charge in [-0.3, -0.25) is 0 Å². The summed E-state index contributed by atoms with van der Waals surface area (Å²) >= 11 is 0. The minimum atomic E-state index is -4.55. The van der Waals surface area contributed by atoms with Gasteiger partial charge in [-0.05, 0) is 37.5 Å². The minimum Gasteiger partial charge on any atom is -0.464 e. The van der Waals surface area contributed by atoms with Crippen molar-refractivity contribution in [2.45, 2.75) is 39.3 Å². The molecule has 0 unspecified atom stereocenters. The van der Waals surface area contributed by atoms with Gasteiger partial charge in [0.1, 0.15) is 5.56 Å². The van der Waals surface area contributed by atoms with Crippen molar-refractivity contribution in [2.75, 3.05) is 18.6 Å². The Morgan fingerprint density at radius 1 is 1.12 bits per heavy atom. The van der Waals surface area contributed by atoms with Gasteiger partial charge in [0.25, 0.3) is 0 Å². The molecular formula is C18H22F3N3O. The average molecular weight is 353 g/mol. The molecule has 0 aliphatic heterocycles. The molecule has 0 saturated heterocycles. The van der Waals surface area contributed by atoms with Crippen LogP contribution in [0.2, 0.25) is 0 Å². The summed E-state index contributed by atoms with van der Waals surface area (Å²) in [6.45, 7) is 4.12. The van der Waals surface area contributed by atoms with E-state index in [0.29, 0.717) is 5.69 Å². The summed E-state index contributed by atoms with van der Waals surface area (Å²) in [4.78, 5) is 8.99. The molecule has 4 nitrogen and oxygen atoms in total. The van der Waals surface area contributed by atoms with Crippen LogP contribution in [0.15, 0.2) is 30.5 Å². The van der Waals surface area contributed by atoms with Gasteiger partial charge in [0.15, 0.2) is 5.82 Å². The standard InChI is InChI=1S/C18H22F3N3O/c1-4-6-7-13-8-10-14(11-9-13)24(3)16-15(18(19,20)21)12-22-17(23-16)25-5-2/h8-12H,4-7H2,1-3H3. The summed E-state index contributed by atoms with van der Waals surface area (Å²) in [6, 6.07) is 7.39. The first-order valence-corrected chi connectivity index (χ1v) is 8.26. The third-order valence-corrected chi connectivity index (χ3v) is 3.79. The lowest BCUT2D eigenvalue weighted by Crippen LogP contribution is -2.19. The Hall–Kier alpha value is -2.31. The molecular weight excluding hydrogens is 331 g/mol. The average Bonchev–Trinajstić information content (AvgIpc) is 2.59. The Morgan fingerprint density at radius 3 is 2.36 bits per heavy atom. The number of aryl methyl sites for hydroxylation is 1. The topological polar surface area (TPSA) is 38.2 Å². The zero-order valence-electron chi connectivity index (χ0n) is 14.6. The van der Waals surface area contributed by atoms with Gasteiger partial charge in [-0.25, -0.2) is 4.98 Å². The number of nitrogens with zero attached hydrogens (tertiary/aromatic N) is 3. The summed E-state index contributed by atoms with van der Waals surface area (Å²) in [7, 11) is 1.55. The van der Waals surface area contributed by atoms with Gasteiger partial charge in [0.05, 0.1) is 6.61 Å². The quantitative estimate of drug-likeness (QED) is 0.702. The molecule has 136 valence electrons. The van der Waals surface area contributed by atoms with Crippen LogP contribution in [0.1, 0.15) is 37.8 Å². The molecule has 0 bridgehead atoms. The predicted molar refractivity (Wildman–Crippen MR) is 91.3 cm³/mol. The molecule has 2 rings (SSSR count). The van der Waals surface area contributed by atoms with Crippen molar-refractivity contribution in [2.24, 2.45) is 0 Å². The normalized spacial score (nSPS) is 11.4. The lowest BCUT2D eigenvalue weighted by Gasteiger charge is -2.22. The SMILES string of the molecule is CCCCc1ccc(N(C)c2nc(OCC)ncc2C(F)(F)F)cc1. The molecule has 0 amide bonds. The number of anilines is 2. The lowest BCUT2D eigenvalue weighted by molar-refractivity contribution is -0.137. The number of alkyl halides is 3. The van der Waals surface area contributed by atoms with E-state index in [9.17, 15) is 13.2 Å². The predicted octanol–water partition coefficient (Wildman–Crippen LogP) is 5.00. The number of hydrogen-bond acceptors (Lipinski definition) is 4. The number of hydrogen-bond donors (Lipinski definition) is 0. The maximum Gasteiger partial charge on any atom is 0.421 e. The van der Waals surface area contributed by atoms with Gasteiger partial charge >= 0.3 is 12.2 Å². The number of benzene rings is 1. The summed E-state index contributed by atoms with van der Waals surface area (Å²) in [5.41, 5.74) is 0.883. The molecule has 2 aromatic rings. The number of rotatable bonds is 7. The van der Waals surface area contributed by atoms with Crippen molar-refractivity contribution in [1.82, 2.24) is 9.97 Å². The Balaban J connectivity index is 2.35. The monoisotopic (exact) mass is 353 g/mol. The molecule has 0 aliphatic carbocycles. The second-order valence-corrected chi connectivity index (χ2v) is 5.65. The molecule has 1 aromatic heterocycles. The second-order valence-electron chi connectivity index (χ2n) is 5.65. The summed E-state index contributed by atoms with van der Waals surface area (Å²) in [5.74, 6) is -0.229. The maximum absolute atomic E-state index is 13.3. The van der Waals surface area contributed by atoms with Crippen molar-refractivity contribution in [3.05, 3.63) is 41.6 Å². The van der Waals surface area contributed by atoms with E-state index in [1.165, 1.54) is 4.90 Å². The minimum absolute atomic E-state index is 0.0723. The molecule has 0 aliphatic rings. The fraction of sp³-hybridized carbons (Fsp3) is 0.444. The van der Waals surface area contributed by atoms with Crippen molar-refractivity contribution in [3.8, 4) is 6.01 Å². The van der Waals surface area contributed by atoms with E-state index < -0.39 is 11.7 Å². The molecule has 1 heterocycles. The van der Waals surface area contributed by atoms with E-state index in [-0.39, 0.29) is 18.4 Å². The maximum atomic E-state index is 13.3. The van der Waals surface area contributed by atoms with Crippen LogP contribution in [0.3, 0.4) is 0 Å². The van der Waals surface area contributed by atoms with Gasteiger partial charge in [0, 0.05) is 18.9 Å². The summed E-state index contributed by atoms with van der Waals surface area (Å²) in [5, 5.41) is 0. The molecule has 0 spiro atoms. The fourth-order valence-corrected chi connectivity index (χ4v) is 2.40. The highest BCUT2D eigenvalue weighted by atomic mass is 19.4. The Bertz CT molecular complexity index is 687. The first-order valence-electron chi connectivity index (χ1n) is 8.26. The highest BCUT2D eigenvalue weighted by Crippen LogP contribution is 2.37. The van der Waals surface area contributed by atoms with Gasteiger partial charge < -0.3 is 9.64 Å². The fourth-order valence-electron chi connectivity index (χ4n) is 2.40. The van der Waals surface area contributed by atoms with Gasteiger partial charge in [0.2, 0.25) is 0 Å². The molecule has 0 saturated carbocycles. The summed E-state index contributed by atoms with van der Waals surface area (Å²) in [6.07, 6.45) is -0.653. The third kappa shape index (κ3) is 4.84. The van der Waals surface area contributed by atoms with E-state index in [1.54, 1.807) is 26.1 Å². The van der Waals surface area contributed by atoms with E-state index in [4.69, 9.17) is 4.74 Å². The van der Waals surface area contributed by atoms with Crippen molar-refractivity contribution < 1.29 is 17.9 Å².